The van der Waals surface area contributed by atoms with Crippen molar-refractivity contribution in [1.82, 2.24) is 4.98 Å². The highest BCUT2D eigenvalue weighted by molar-refractivity contribution is 6.31. The molecule has 0 fully saturated rings. The maximum atomic E-state index is 12.2. The summed E-state index contributed by atoms with van der Waals surface area (Å²) in [6.07, 6.45) is 0. The van der Waals surface area contributed by atoms with Crippen LogP contribution in [0.15, 0.2) is 6.07 Å². The number of nitrogens with two attached hydrogens (primary N) is 1. The van der Waals surface area contributed by atoms with Crippen molar-refractivity contribution in [2.45, 2.75) is 0 Å². The first-order valence-electron chi connectivity index (χ1n) is 2.38. The summed E-state index contributed by atoms with van der Waals surface area (Å²) in [7, 11) is 0. The van der Waals surface area contributed by atoms with Gasteiger partial charge in [-0.3, -0.25) is 0 Å². The Morgan fingerprint density at radius 2 is 2.10 bits per heavy atom. The molecule has 1 aromatic rings. The van der Waals surface area contributed by atoms with E-state index < -0.39 is 11.8 Å². The highest BCUT2D eigenvalue weighted by Crippen LogP contribution is 2.17. The van der Waals surface area contributed by atoms with Crippen LogP contribution >= 0.6 is 11.6 Å². The van der Waals surface area contributed by atoms with Crippen molar-refractivity contribution in [2.24, 2.45) is 0 Å². The van der Waals surface area contributed by atoms with Crippen molar-refractivity contribution >= 4 is 17.3 Å². The summed E-state index contributed by atoms with van der Waals surface area (Å²) in [5.41, 5.74) is 5.02. The van der Waals surface area contributed by atoms with Crippen molar-refractivity contribution in [1.29, 1.82) is 0 Å². The Hall–Kier alpha value is -0.900. The van der Waals surface area contributed by atoms with Gasteiger partial charge in [-0.15, -0.1) is 0 Å². The molecule has 0 aromatic carbocycles. The maximum absolute atomic E-state index is 12.2. The minimum absolute atomic E-state index is 0.0689. The van der Waals surface area contributed by atoms with Gasteiger partial charge >= 0.3 is 0 Å². The third-order valence-electron chi connectivity index (χ3n) is 0.914. The van der Waals surface area contributed by atoms with Gasteiger partial charge in [0, 0.05) is 6.07 Å². The van der Waals surface area contributed by atoms with Crippen LogP contribution in [0.1, 0.15) is 0 Å². The summed E-state index contributed by atoms with van der Waals surface area (Å²) >= 11 is 5.24. The molecule has 0 aliphatic rings. The fraction of sp³-hybridized carbons (Fsp3) is 0. The van der Waals surface area contributed by atoms with Crippen LogP contribution in [0.2, 0.25) is 5.15 Å². The molecule has 2 nitrogen and oxygen atoms in total. The Morgan fingerprint density at radius 1 is 1.50 bits per heavy atom. The number of nitrogen functional groups attached to an aromatic ring is 1. The van der Waals surface area contributed by atoms with Crippen molar-refractivity contribution < 1.29 is 8.78 Å². The van der Waals surface area contributed by atoms with E-state index in [1.165, 1.54) is 0 Å². The van der Waals surface area contributed by atoms with Gasteiger partial charge in [-0.05, 0) is 0 Å². The van der Waals surface area contributed by atoms with Crippen molar-refractivity contribution in [3.8, 4) is 0 Å². The summed E-state index contributed by atoms with van der Waals surface area (Å²) < 4.78 is 24.3. The van der Waals surface area contributed by atoms with Crippen LogP contribution in [0.3, 0.4) is 0 Å². The molecular weight excluding hydrogens is 162 g/mol. The summed E-state index contributed by atoms with van der Waals surface area (Å²) in [4.78, 5) is 2.97. The zero-order valence-electron chi connectivity index (χ0n) is 4.74. The summed E-state index contributed by atoms with van der Waals surface area (Å²) in [5, 5.41) is -0.223. The molecule has 0 aliphatic carbocycles. The molecule has 0 atom stereocenters. The highest BCUT2D eigenvalue weighted by Gasteiger charge is 2.06. The summed E-state index contributed by atoms with van der Waals surface area (Å²) in [6, 6.07) is 0.782. The lowest BCUT2D eigenvalue weighted by Crippen LogP contribution is -1.95. The van der Waals surface area contributed by atoms with Crippen LogP contribution in [-0.4, -0.2) is 4.98 Å². The second-order valence-electron chi connectivity index (χ2n) is 1.64. The largest absolute Gasteiger partial charge is 0.396 e. The number of pyridine rings is 1. The highest BCUT2D eigenvalue weighted by atomic mass is 35.5. The van der Waals surface area contributed by atoms with Crippen molar-refractivity contribution in [3.63, 3.8) is 0 Å². The molecule has 1 rings (SSSR count). The van der Waals surface area contributed by atoms with Gasteiger partial charge in [-0.25, -0.2) is 9.37 Å². The number of hydrogen-bond donors (Lipinski definition) is 1. The van der Waals surface area contributed by atoms with E-state index in [1.807, 2.05) is 0 Å². The van der Waals surface area contributed by atoms with E-state index in [4.69, 9.17) is 17.3 Å². The van der Waals surface area contributed by atoms with E-state index in [1.54, 1.807) is 0 Å². The third kappa shape index (κ3) is 1.16. The minimum Gasteiger partial charge on any atom is -0.396 e. The molecule has 0 amide bonds. The Bertz CT molecular complexity index is 214. The molecule has 10 heavy (non-hydrogen) atoms. The van der Waals surface area contributed by atoms with Crippen molar-refractivity contribution in [2.75, 3.05) is 5.73 Å². The van der Waals surface area contributed by atoms with Crippen LogP contribution in [0.5, 0.6) is 0 Å². The van der Waals surface area contributed by atoms with Crippen LogP contribution in [0.25, 0.3) is 0 Å². The molecule has 5 heteroatoms. The molecule has 0 spiro atoms. The predicted molar refractivity (Wildman–Crippen MR) is 33.6 cm³/mol. The molecule has 1 heterocycles. The van der Waals surface area contributed by atoms with Gasteiger partial charge in [0.25, 0.3) is 0 Å². The molecule has 0 saturated heterocycles. The quantitative estimate of drug-likeness (QED) is 0.592. The Kier molecular flexibility index (Phi) is 1.72. The molecule has 1 aromatic heterocycles. The molecule has 2 N–H and O–H groups in total. The second kappa shape index (κ2) is 2.38. The predicted octanol–water partition coefficient (Wildman–Crippen LogP) is 1.60. The molecule has 54 valence electrons. The van der Waals surface area contributed by atoms with Gasteiger partial charge in [-0.1, -0.05) is 11.6 Å². The molecule has 0 aliphatic heterocycles. The van der Waals surface area contributed by atoms with E-state index in [9.17, 15) is 8.78 Å². The van der Waals surface area contributed by atoms with Gasteiger partial charge in [0.05, 0.1) is 5.69 Å². The van der Waals surface area contributed by atoms with Crippen LogP contribution < -0.4 is 5.73 Å². The fourth-order valence-corrected chi connectivity index (χ4v) is 0.589. The standard InChI is InChI=1S/C5H3ClF2N2/c6-4-3(9)1-2(7)5(8)10-4/h1H,9H2. The molecule has 0 radical (unpaired) electrons. The van der Waals surface area contributed by atoms with Gasteiger partial charge in [-0.2, -0.15) is 4.39 Å². The van der Waals surface area contributed by atoms with E-state index in [2.05, 4.69) is 4.98 Å². The molecule has 0 bridgehead atoms. The molecule has 0 saturated carbocycles. The van der Waals surface area contributed by atoms with Gasteiger partial charge in [0.1, 0.15) is 0 Å². The van der Waals surface area contributed by atoms with E-state index in [-0.39, 0.29) is 10.8 Å². The average molecular weight is 165 g/mol. The van der Waals surface area contributed by atoms with Crippen LogP contribution in [0.4, 0.5) is 14.5 Å². The Morgan fingerprint density at radius 3 is 2.60 bits per heavy atom. The van der Waals surface area contributed by atoms with Gasteiger partial charge in [0.15, 0.2) is 11.0 Å². The Labute approximate surface area is 60.6 Å². The first-order valence-corrected chi connectivity index (χ1v) is 2.76. The third-order valence-corrected chi connectivity index (χ3v) is 1.22. The van der Waals surface area contributed by atoms with E-state index >= 15 is 0 Å². The molecular formula is C5H3ClF2N2. The zero-order valence-corrected chi connectivity index (χ0v) is 5.49. The summed E-state index contributed by atoms with van der Waals surface area (Å²) in [6.45, 7) is 0. The number of aromatic nitrogens is 1. The number of anilines is 1. The monoisotopic (exact) mass is 164 g/mol. The van der Waals surface area contributed by atoms with Crippen LogP contribution in [-0.2, 0) is 0 Å². The second-order valence-corrected chi connectivity index (χ2v) is 2.00. The SMILES string of the molecule is Nc1cc(F)c(F)nc1Cl. The van der Waals surface area contributed by atoms with E-state index in [0.29, 0.717) is 0 Å². The number of nitrogens with zero attached hydrogens (tertiary/aromatic N) is 1. The normalized spacial score (nSPS) is 9.90. The lowest BCUT2D eigenvalue weighted by molar-refractivity contribution is 0.480. The molecule has 0 unspecified atom stereocenters. The van der Waals surface area contributed by atoms with Crippen LogP contribution in [0, 0.1) is 11.8 Å². The number of rotatable bonds is 0. The zero-order chi connectivity index (χ0) is 7.72. The van der Waals surface area contributed by atoms with E-state index in [0.717, 1.165) is 6.07 Å². The number of halogens is 3. The average Bonchev–Trinajstić information content (AvgIpc) is 1.84. The topological polar surface area (TPSA) is 38.9 Å². The van der Waals surface area contributed by atoms with Gasteiger partial charge < -0.3 is 5.73 Å². The fourth-order valence-electron chi connectivity index (χ4n) is 0.460. The Balaban J connectivity index is 3.28. The lowest BCUT2D eigenvalue weighted by Gasteiger charge is -1.95. The number of hydrogen-bond acceptors (Lipinski definition) is 2. The first kappa shape index (κ1) is 7.21. The first-order chi connectivity index (χ1) is 4.61. The van der Waals surface area contributed by atoms with Crippen molar-refractivity contribution in [3.05, 3.63) is 23.0 Å². The minimum atomic E-state index is -1.24. The van der Waals surface area contributed by atoms with Gasteiger partial charge in [0.2, 0.25) is 5.95 Å². The lowest BCUT2D eigenvalue weighted by atomic mass is 10.4. The smallest absolute Gasteiger partial charge is 0.250 e. The maximum Gasteiger partial charge on any atom is 0.250 e. The summed E-state index contributed by atoms with van der Waals surface area (Å²) in [5.74, 6) is -2.33.